The number of hydrogen-bond donors (Lipinski definition) is 0. The summed E-state index contributed by atoms with van der Waals surface area (Å²) >= 11 is 0. The molecule has 3 heteroatoms. The van der Waals surface area contributed by atoms with Crippen LogP contribution >= 0.6 is 0 Å². The van der Waals surface area contributed by atoms with Crippen molar-refractivity contribution in [3.05, 3.63) is 0 Å². The average Bonchev–Trinajstić information content (AvgIpc) is 3.92. The largest absolute Gasteiger partial charge is 0.370 e. The molecule has 0 N–H and O–H groups in total. The van der Waals surface area contributed by atoms with Gasteiger partial charge in [0, 0.05) is 0 Å². The molecule has 0 aromatic rings. The fraction of sp³-hybridized carbons (Fsp3) is 1.00. The molecular weight excluding hydrogens is 528 g/mol. The zero-order valence-electron chi connectivity index (χ0n) is 29.9. The van der Waals surface area contributed by atoms with Gasteiger partial charge >= 0.3 is 0 Å². The second kappa shape index (κ2) is 27.0. The predicted molar refractivity (Wildman–Crippen MR) is 187 cm³/mol. The molecule has 43 heavy (non-hydrogen) atoms. The third-order valence-corrected chi connectivity index (χ3v) is 10.4. The summed E-state index contributed by atoms with van der Waals surface area (Å²) in [4.78, 5) is 0. The summed E-state index contributed by atoms with van der Waals surface area (Å²) in [6.45, 7) is 11.3. The molecule has 6 atom stereocenters. The second-order valence-electron chi connectivity index (χ2n) is 15.0. The zero-order chi connectivity index (χ0) is 30.8. The molecule has 0 radical (unpaired) electrons. The van der Waals surface area contributed by atoms with E-state index in [1.54, 1.807) is 0 Å². The normalized spacial score (nSPS) is 20.7. The van der Waals surface area contributed by atoms with Crippen LogP contribution in [0.25, 0.3) is 0 Å². The smallest absolute Gasteiger partial charge is 0.107 e. The van der Waals surface area contributed by atoms with Crippen LogP contribution in [0, 0.1) is 11.8 Å². The molecule has 3 nitrogen and oxygen atoms in total. The summed E-state index contributed by atoms with van der Waals surface area (Å²) in [6.07, 6.45) is 40.2. The third-order valence-electron chi connectivity index (χ3n) is 10.4. The van der Waals surface area contributed by atoms with Gasteiger partial charge in [-0.05, 0) is 24.7 Å². The topological polar surface area (TPSA) is 34.3 Å². The lowest BCUT2D eigenvalue weighted by atomic mass is 9.96. The van der Waals surface area contributed by atoms with Gasteiger partial charge in [-0.3, -0.25) is 0 Å². The van der Waals surface area contributed by atoms with Crippen molar-refractivity contribution >= 4 is 0 Å². The monoisotopic (exact) mass is 607 g/mol. The summed E-state index contributed by atoms with van der Waals surface area (Å²) in [5, 5.41) is 0. The Morgan fingerprint density at radius 2 is 0.674 bits per heavy atom. The van der Waals surface area contributed by atoms with Crippen molar-refractivity contribution in [1.82, 2.24) is 0 Å². The Morgan fingerprint density at radius 3 is 0.953 bits per heavy atom. The van der Waals surface area contributed by atoms with E-state index in [0.29, 0.717) is 24.4 Å². The van der Waals surface area contributed by atoms with Gasteiger partial charge < -0.3 is 14.2 Å². The molecule has 2 aliphatic rings. The second-order valence-corrected chi connectivity index (χ2v) is 15.0. The predicted octanol–water partition coefficient (Wildman–Crippen LogP) is 12.8. The van der Waals surface area contributed by atoms with Crippen molar-refractivity contribution in [2.45, 2.75) is 232 Å². The first-order valence-electron chi connectivity index (χ1n) is 20.0. The fourth-order valence-corrected chi connectivity index (χ4v) is 7.02. The van der Waals surface area contributed by atoms with Gasteiger partial charge in [-0.1, -0.05) is 195 Å². The van der Waals surface area contributed by atoms with Crippen LogP contribution < -0.4 is 0 Å². The van der Waals surface area contributed by atoms with Gasteiger partial charge in [-0.15, -0.1) is 0 Å². The van der Waals surface area contributed by atoms with E-state index in [0.717, 1.165) is 25.0 Å². The number of ether oxygens (including phenoxy) is 3. The van der Waals surface area contributed by atoms with E-state index >= 15 is 0 Å². The van der Waals surface area contributed by atoms with Crippen molar-refractivity contribution in [3.63, 3.8) is 0 Å². The molecule has 0 bridgehead atoms. The highest BCUT2D eigenvalue weighted by Crippen LogP contribution is 2.30. The summed E-state index contributed by atoms with van der Waals surface area (Å²) < 4.78 is 18.1. The van der Waals surface area contributed by atoms with Crippen molar-refractivity contribution in [3.8, 4) is 0 Å². The Balaban J connectivity index is 1.42. The van der Waals surface area contributed by atoms with Gasteiger partial charge in [0.2, 0.25) is 0 Å². The van der Waals surface area contributed by atoms with E-state index in [4.69, 9.17) is 14.2 Å². The Hall–Kier alpha value is -0.120. The molecule has 6 unspecified atom stereocenters. The molecule has 0 saturated carbocycles. The first-order valence-corrected chi connectivity index (χ1v) is 20.0. The van der Waals surface area contributed by atoms with E-state index in [9.17, 15) is 0 Å². The van der Waals surface area contributed by atoms with E-state index in [1.807, 2.05) is 0 Å². The lowest BCUT2D eigenvalue weighted by Gasteiger charge is -2.23. The van der Waals surface area contributed by atoms with Gasteiger partial charge in [0.25, 0.3) is 0 Å². The molecule has 2 heterocycles. The summed E-state index contributed by atoms with van der Waals surface area (Å²) in [5.74, 6) is 1.87. The Labute approximate surface area is 270 Å². The molecule has 0 aromatic carbocycles. The molecule has 2 fully saturated rings. The molecular formula is C40H78O3. The maximum Gasteiger partial charge on any atom is 0.107 e. The summed E-state index contributed by atoms with van der Waals surface area (Å²) in [7, 11) is 0. The van der Waals surface area contributed by atoms with Crippen LogP contribution in [0.3, 0.4) is 0 Å². The number of epoxide rings is 2. The van der Waals surface area contributed by atoms with E-state index in [2.05, 4.69) is 27.7 Å². The van der Waals surface area contributed by atoms with Crippen LogP contribution in [0.1, 0.15) is 207 Å². The molecule has 0 aliphatic carbocycles. The maximum atomic E-state index is 6.69. The highest BCUT2D eigenvalue weighted by atomic mass is 16.6. The van der Waals surface area contributed by atoms with E-state index in [-0.39, 0.29) is 0 Å². The zero-order valence-corrected chi connectivity index (χ0v) is 29.9. The average molecular weight is 607 g/mol. The first-order chi connectivity index (χ1) is 21.1. The van der Waals surface area contributed by atoms with Gasteiger partial charge in [0.05, 0.1) is 25.4 Å². The van der Waals surface area contributed by atoms with Gasteiger partial charge in [0.15, 0.2) is 0 Å². The van der Waals surface area contributed by atoms with Crippen LogP contribution in [0.5, 0.6) is 0 Å². The van der Waals surface area contributed by atoms with Crippen LogP contribution in [-0.4, -0.2) is 37.6 Å². The van der Waals surface area contributed by atoms with Crippen molar-refractivity contribution in [1.29, 1.82) is 0 Å². The van der Waals surface area contributed by atoms with Crippen molar-refractivity contribution < 1.29 is 14.2 Å². The summed E-state index contributed by atoms with van der Waals surface area (Å²) in [5.41, 5.74) is 0. The minimum Gasteiger partial charge on any atom is -0.370 e. The van der Waals surface area contributed by atoms with Crippen LogP contribution in [0.2, 0.25) is 0 Å². The number of unbranched alkanes of at least 4 members (excludes halogenated alkanes) is 18. The molecule has 0 amide bonds. The Bertz CT molecular complexity index is 536. The lowest BCUT2D eigenvalue weighted by molar-refractivity contribution is -0.0468. The Morgan fingerprint density at radius 1 is 0.419 bits per heavy atom. The highest BCUT2D eigenvalue weighted by Gasteiger charge is 2.40. The molecule has 2 saturated heterocycles. The number of rotatable bonds is 34. The van der Waals surface area contributed by atoms with E-state index in [1.165, 1.54) is 180 Å². The fourth-order valence-electron chi connectivity index (χ4n) is 7.02. The highest BCUT2D eigenvalue weighted by molar-refractivity contribution is 4.86. The molecule has 0 aromatic heterocycles. The van der Waals surface area contributed by atoms with Crippen LogP contribution in [0.4, 0.5) is 0 Å². The SMILES string of the molecule is CCCCCC(C)CCCCCCCCCCC(OC(CCCCCCCCCCC(C)CCCCC)C1CO1)C1CO1. The van der Waals surface area contributed by atoms with Crippen LogP contribution in [-0.2, 0) is 14.2 Å². The lowest BCUT2D eigenvalue weighted by Crippen LogP contribution is -2.30. The minimum atomic E-state index is 0.294. The van der Waals surface area contributed by atoms with Crippen molar-refractivity contribution in [2.24, 2.45) is 11.8 Å². The third kappa shape index (κ3) is 22.9. The van der Waals surface area contributed by atoms with Gasteiger partial charge in [-0.25, -0.2) is 0 Å². The molecule has 2 aliphatic heterocycles. The quantitative estimate of drug-likeness (QED) is 0.0540. The molecule has 2 rings (SSSR count). The van der Waals surface area contributed by atoms with Crippen molar-refractivity contribution in [2.75, 3.05) is 13.2 Å². The number of hydrogen-bond acceptors (Lipinski definition) is 3. The van der Waals surface area contributed by atoms with Crippen LogP contribution in [0.15, 0.2) is 0 Å². The standard InChI is InChI=1S/C40H78O3/c1-5-7-21-27-35(3)29-23-17-13-9-11-15-19-25-31-37(39-33-41-39)43-38(40-34-42-40)32-26-20-16-12-10-14-18-24-30-36(4)28-22-8-6-2/h35-40H,5-34H2,1-4H3. The first kappa shape index (κ1) is 39.1. The maximum absolute atomic E-state index is 6.69. The Kier molecular flexibility index (Phi) is 24.6. The van der Waals surface area contributed by atoms with E-state index < -0.39 is 0 Å². The molecule has 256 valence electrons. The molecule has 0 spiro atoms. The van der Waals surface area contributed by atoms with Gasteiger partial charge in [0.1, 0.15) is 12.2 Å². The minimum absolute atomic E-state index is 0.294. The van der Waals surface area contributed by atoms with Gasteiger partial charge in [-0.2, -0.15) is 0 Å². The summed E-state index contributed by atoms with van der Waals surface area (Å²) in [6, 6.07) is 0.